The zero-order valence-electron chi connectivity index (χ0n) is 8.63. The van der Waals surface area contributed by atoms with Gasteiger partial charge in [-0.1, -0.05) is 0 Å². The van der Waals surface area contributed by atoms with Gasteiger partial charge in [0.2, 0.25) is 0 Å². The maximum atomic E-state index is 5.70. The highest BCUT2D eigenvalue weighted by molar-refractivity contribution is 7.15. The number of thiazole rings is 1. The predicted molar refractivity (Wildman–Crippen MR) is 63.3 cm³/mol. The lowest BCUT2D eigenvalue weighted by atomic mass is 10.2. The van der Waals surface area contributed by atoms with E-state index in [-0.39, 0.29) is 0 Å². The van der Waals surface area contributed by atoms with Crippen LogP contribution in [0.25, 0.3) is 0 Å². The first-order valence-corrected chi connectivity index (χ1v) is 5.91. The minimum absolute atomic E-state index is 0.658. The summed E-state index contributed by atoms with van der Waals surface area (Å²) in [5, 5.41) is 8.66. The molecule has 0 spiro atoms. The van der Waals surface area contributed by atoms with Crippen LogP contribution >= 0.6 is 11.3 Å². The van der Waals surface area contributed by atoms with Gasteiger partial charge in [-0.05, 0) is 12.1 Å². The SMILES string of the molecule is Nc1nc2c(s1)CN(c1cccnn1)CC2. The van der Waals surface area contributed by atoms with E-state index >= 15 is 0 Å². The van der Waals surface area contributed by atoms with Crippen LogP contribution in [-0.4, -0.2) is 21.7 Å². The molecule has 0 radical (unpaired) electrons. The lowest BCUT2D eigenvalue weighted by molar-refractivity contribution is 0.711. The fourth-order valence-corrected chi connectivity index (χ4v) is 2.77. The zero-order chi connectivity index (χ0) is 11.0. The number of nitrogen functional groups attached to an aromatic ring is 1. The maximum absolute atomic E-state index is 5.70. The maximum Gasteiger partial charge on any atom is 0.180 e. The molecule has 3 heterocycles. The van der Waals surface area contributed by atoms with Crippen LogP contribution in [0.4, 0.5) is 10.9 Å². The number of fused-ring (bicyclic) bond motifs is 1. The number of rotatable bonds is 1. The summed E-state index contributed by atoms with van der Waals surface area (Å²) < 4.78 is 0. The van der Waals surface area contributed by atoms with Gasteiger partial charge >= 0.3 is 0 Å². The lowest BCUT2D eigenvalue weighted by Gasteiger charge is -2.26. The summed E-state index contributed by atoms with van der Waals surface area (Å²) in [6.45, 7) is 1.76. The second-order valence-electron chi connectivity index (χ2n) is 3.68. The fourth-order valence-electron chi connectivity index (χ4n) is 1.87. The van der Waals surface area contributed by atoms with Crippen LogP contribution < -0.4 is 10.6 Å². The van der Waals surface area contributed by atoms with Crippen LogP contribution in [0.3, 0.4) is 0 Å². The Morgan fingerprint density at radius 2 is 2.38 bits per heavy atom. The number of anilines is 2. The molecule has 1 aliphatic heterocycles. The van der Waals surface area contributed by atoms with E-state index in [1.54, 1.807) is 17.5 Å². The van der Waals surface area contributed by atoms with Crippen LogP contribution in [0.5, 0.6) is 0 Å². The summed E-state index contributed by atoms with van der Waals surface area (Å²) in [5.74, 6) is 0.917. The van der Waals surface area contributed by atoms with Gasteiger partial charge in [0.15, 0.2) is 10.9 Å². The molecule has 0 saturated heterocycles. The van der Waals surface area contributed by atoms with Crippen molar-refractivity contribution < 1.29 is 0 Å². The van der Waals surface area contributed by atoms with Crippen molar-refractivity contribution in [3.8, 4) is 0 Å². The summed E-state index contributed by atoms with van der Waals surface area (Å²) in [6.07, 6.45) is 2.61. The Hall–Kier alpha value is -1.69. The van der Waals surface area contributed by atoms with Gasteiger partial charge in [-0.15, -0.1) is 16.4 Å². The quantitative estimate of drug-likeness (QED) is 0.798. The summed E-state index contributed by atoms with van der Waals surface area (Å²) in [5.41, 5.74) is 6.84. The van der Waals surface area contributed by atoms with Gasteiger partial charge in [0, 0.05) is 24.0 Å². The first kappa shape index (κ1) is 9.53. The van der Waals surface area contributed by atoms with Crippen molar-refractivity contribution in [2.45, 2.75) is 13.0 Å². The van der Waals surface area contributed by atoms with Crippen molar-refractivity contribution >= 4 is 22.3 Å². The molecule has 1 aliphatic rings. The number of hydrogen-bond donors (Lipinski definition) is 1. The van der Waals surface area contributed by atoms with Crippen molar-refractivity contribution in [3.05, 3.63) is 28.9 Å². The van der Waals surface area contributed by atoms with Gasteiger partial charge in [-0.25, -0.2) is 4.98 Å². The van der Waals surface area contributed by atoms with E-state index in [2.05, 4.69) is 20.1 Å². The van der Waals surface area contributed by atoms with Gasteiger partial charge in [0.25, 0.3) is 0 Å². The number of nitrogens with zero attached hydrogens (tertiary/aromatic N) is 4. The van der Waals surface area contributed by atoms with E-state index in [1.165, 1.54) is 4.88 Å². The van der Waals surface area contributed by atoms with Gasteiger partial charge < -0.3 is 10.6 Å². The largest absolute Gasteiger partial charge is 0.375 e. The Labute approximate surface area is 96.9 Å². The number of aromatic nitrogens is 3. The molecule has 0 saturated carbocycles. The van der Waals surface area contributed by atoms with Crippen molar-refractivity contribution in [2.24, 2.45) is 0 Å². The first-order chi connectivity index (χ1) is 7.83. The minimum Gasteiger partial charge on any atom is -0.375 e. The van der Waals surface area contributed by atoms with E-state index in [1.807, 2.05) is 12.1 Å². The smallest absolute Gasteiger partial charge is 0.180 e. The number of hydrogen-bond acceptors (Lipinski definition) is 6. The average molecular weight is 233 g/mol. The zero-order valence-corrected chi connectivity index (χ0v) is 9.44. The van der Waals surface area contributed by atoms with Crippen molar-refractivity contribution in [1.82, 2.24) is 15.2 Å². The fraction of sp³-hybridized carbons (Fsp3) is 0.300. The molecule has 2 aromatic heterocycles. The standard InChI is InChI=1S/C10H11N5S/c11-10-13-7-3-5-15(6-8(7)16-10)9-2-1-4-12-14-9/h1-2,4H,3,5-6H2,(H2,11,13). The van der Waals surface area contributed by atoms with E-state index in [0.29, 0.717) is 5.13 Å². The first-order valence-electron chi connectivity index (χ1n) is 5.09. The molecule has 3 rings (SSSR count). The highest BCUT2D eigenvalue weighted by atomic mass is 32.1. The van der Waals surface area contributed by atoms with Gasteiger partial charge in [-0.2, -0.15) is 5.10 Å². The molecule has 0 aromatic carbocycles. The lowest BCUT2D eigenvalue weighted by Crippen LogP contribution is -2.30. The third-order valence-electron chi connectivity index (χ3n) is 2.63. The van der Waals surface area contributed by atoms with Crippen LogP contribution in [0.1, 0.15) is 10.6 Å². The normalized spacial score (nSPS) is 14.9. The van der Waals surface area contributed by atoms with Crippen LogP contribution in [-0.2, 0) is 13.0 Å². The second kappa shape index (κ2) is 3.71. The molecule has 2 aromatic rings. The van der Waals surface area contributed by atoms with Gasteiger partial charge in [-0.3, -0.25) is 0 Å². The highest BCUT2D eigenvalue weighted by Crippen LogP contribution is 2.28. The monoisotopic (exact) mass is 233 g/mol. The third-order valence-corrected chi connectivity index (χ3v) is 3.54. The van der Waals surface area contributed by atoms with Crippen LogP contribution in [0, 0.1) is 0 Å². The highest BCUT2D eigenvalue weighted by Gasteiger charge is 2.20. The van der Waals surface area contributed by atoms with E-state index in [0.717, 1.165) is 31.0 Å². The molecule has 0 amide bonds. The molecule has 0 atom stereocenters. The summed E-state index contributed by atoms with van der Waals surface area (Å²) in [7, 11) is 0. The molecule has 0 fully saturated rings. The third kappa shape index (κ3) is 1.61. The van der Waals surface area contributed by atoms with Gasteiger partial charge in [0.1, 0.15) is 0 Å². The molecule has 5 nitrogen and oxygen atoms in total. The molecule has 0 bridgehead atoms. The Morgan fingerprint density at radius 3 is 3.19 bits per heavy atom. The molecule has 2 N–H and O–H groups in total. The Bertz CT molecular complexity index is 495. The van der Waals surface area contributed by atoms with Crippen molar-refractivity contribution in [3.63, 3.8) is 0 Å². The topological polar surface area (TPSA) is 67.9 Å². The average Bonchev–Trinajstić information content (AvgIpc) is 2.69. The second-order valence-corrected chi connectivity index (χ2v) is 4.79. The van der Waals surface area contributed by atoms with E-state index in [4.69, 9.17) is 5.73 Å². The minimum atomic E-state index is 0.658. The summed E-state index contributed by atoms with van der Waals surface area (Å²) >= 11 is 1.57. The van der Waals surface area contributed by atoms with Crippen molar-refractivity contribution in [2.75, 3.05) is 17.2 Å². The van der Waals surface area contributed by atoms with Crippen molar-refractivity contribution in [1.29, 1.82) is 0 Å². The van der Waals surface area contributed by atoms with Crippen LogP contribution in [0.15, 0.2) is 18.3 Å². The van der Waals surface area contributed by atoms with Gasteiger partial charge in [0.05, 0.1) is 12.2 Å². The van der Waals surface area contributed by atoms with E-state index < -0.39 is 0 Å². The number of nitrogens with two attached hydrogens (primary N) is 1. The molecule has 6 heteroatoms. The predicted octanol–water partition coefficient (Wildman–Crippen LogP) is 1.08. The Morgan fingerprint density at radius 1 is 1.44 bits per heavy atom. The van der Waals surface area contributed by atoms with E-state index in [9.17, 15) is 0 Å². The Kier molecular flexibility index (Phi) is 2.21. The van der Waals surface area contributed by atoms with Crippen LogP contribution in [0.2, 0.25) is 0 Å². The molecule has 0 unspecified atom stereocenters. The summed E-state index contributed by atoms with van der Waals surface area (Å²) in [4.78, 5) is 7.76. The molecular weight excluding hydrogens is 222 g/mol. The molecule has 16 heavy (non-hydrogen) atoms. The molecular formula is C10H11N5S. The molecule has 82 valence electrons. The Balaban J connectivity index is 1.88. The summed E-state index contributed by atoms with van der Waals surface area (Å²) in [6, 6.07) is 3.88. The molecule has 0 aliphatic carbocycles.